The molecular formula is C29H28N2O7S. The Hall–Kier alpha value is -3.83. The number of aromatic amines is 1. The van der Waals surface area contributed by atoms with Gasteiger partial charge in [0.05, 0.1) is 11.7 Å². The first kappa shape index (κ1) is 26.8. The lowest BCUT2D eigenvalue weighted by atomic mass is 9.64. The molecule has 1 unspecified atom stereocenters. The summed E-state index contributed by atoms with van der Waals surface area (Å²) in [4.78, 5) is 26.4. The third kappa shape index (κ3) is 5.24. The van der Waals surface area contributed by atoms with Gasteiger partial charge in [0.2, 0.25) is 0 Å². The van der Waals surface area contributed by atoms with Crippen LogP contribution in [0.3, 0.4) is 0 Å². The molecule has 1 saturated heterocycles. The Morgan fingerprint density at radius 3 is 1.82 bits per heavy atom. The molecule has 10 heteroatoms. The summed E-state index contributed by atoms with van der Waals surface area (Å²) in [6.07, 6.45) is -2.56. The van der Waals surface area contributed by atoms with Gasteiger partial charge in [-0.05, 0) is 16.7 Å². The fourth-order valence-corrected chi connectivity index (χ4v) is 6.09. The molecule has 0 radical (unpaired) electrons. The monoisotopic (exact) mass is 548 g/mol. The molecule has 2 heterocycles. The Balaban J connectivity index is 1.71. The quantitative estimate of drug-likeness (QED) is 0.256. The van der Waals surface area contributed by atoms with Crippen LogP contribution in [0.25, 0.3) is 0 Å². The van der Waals surface area contributed by atoms with Crippen molar-refractivity contribution >= 4 is 10.1 Å². The number of nitrogens with zero attached hydrogens (tertiary/aromatic N) is 1. The van der Waals surface area contributed by atoms with E-state index in [1.807, 2.05) is 91.0 Å². The standard InChI is InChI=1S/C29H28N2O7S/c1-39(35,36)38-23-19-25(31-18-17-24(32)30-28(31)34)37-26(23)27(33)29(20-11-5-2-6-12-20,21-13-7-3-8-14-21)22-15-9-4-10-16-22/h2-18,23,25-27,33H,19H2,1H3,(H,30,32,34)/t23-,25+,26-,27?/m0/s1. The maximum Gasteiger partial charge on any atom is 0.330 e. The lowest BCUT2D eigenvalue weighted by molar-refractivity contribution is -0.0934. The molecule has 5 rings (SSSR count). The van der Waals surface area contributed by atoms with Crippen molar-refractivity contribution in [2.45, 2.75) is 36.4 Å². The van der Waals surface area contributed by atoms with E-state index in [4.69, 9.17) is 8.92 Å². The molecule has 1 aliphatic rings. The van der Waals surface area contributed by atoms with Crippen LogP contribution in [-0.4, -0.2) is 47.6 Å². The third-order valence-electron chi connectivity index (χ3n) is 7.02. The summed E-state index contributed by atoms with van der Waals surface area (Å²) >= 11 is 0. The lowest BCUT2D eigenvalue weighted by Crippen LogP contribution is -2.52. The van der Waals surface area contributed by atoms with Gasteiger partial charge in [0.25, 0.3) is 15.7 Å². The van der Waals surface area contributed by atoms with Crippen molar-refractivity contribution < 1.29 is 22.4 Å². The number of rotatable bonds is 8. The Morgan fingerprint density at radius 2 is 1.38 bits per heavy atom. The average Bonchev–Trinajstić information content (AvgIpc) is 3.32. The van der Waals surface area contributed by atoms with Crippen molar-refractivity contribution in [3.63, 3.8) is 0 Å². The van der Waals surface area contributed by atoms with E-state index in [1.165, 1.54) is 12.3 Å². The number of H-pyrrole nitrogens is 1. The van der Waals surface area contributed by atoms with Crippen molar-refractivity contribution in [2.75, 3.05) is 6.26 Å². The van der Waals surface area contributed by atoms with Gasteiger partial charge in [0.1, 0.15) is 24.5 Å². The maximum atomic E-state index is 12.6. The molecule has 4 aromatic rings. The summed E-state index contributed by atoms with van der Waals surface area (Å²) < 4.78 is 37.5. The van der Waals surface area contributed by atoms with E-state index in [-0.39, 0.29) is 6.42 Å². The normalized spacial score (nSPS) is 20.5. The Morgan fingerprint density at radius 1 is 0.897 bits per heavy atom. The average molecular weight is 549 g/mol. The highest BCUT2D eigenvalue weighted by molar-refractivity contribution is 7.86. The van der Waals surface area contributed by atoms with Crippen LogP contribution in [0, 0.1) is 0 Å². The molecule has 2 N–H and O–H groups in total. The molecule has 0 amide bonds. The Bertz CT molecular complexity index is 1540. The number of benzene rings is 3. The Kier molecular flexibility index (Phi) is 7.37. The minimum absolute atomic E-state index is 0.0603. The highest BCUT2D eigenvalue weighted by atomic mass is 32.2. The number of aliphatic hydroxyl groups excluding tert-OH is 1. The van der Waals surface area contributed by atoms with Crippen LogP contribution in [0.1, 0.15) is 29.3 Å². The summed E-state index contributed by atoms with van der Waals surface area (Å²) in [7, 11) is -3.97. The van der Waals surface area contributed by atoms with Gasteiger partial charge in [0, 0.05) is 18.7 Å². The largest absolute Gasteiger partial charge is 0.389 e. The molecule has 0 spiro atoms. The zero-order valence-corrected chi connectivity index (χ0v) is 21.9. The van der Waals surface area contributed by atoms with Crippen LogP contribution in [0.4, 0.5) is 0 Å². The van der Waals surface area contributed by atoms with Crippen LogP contribution in [0.15, 0.2) is 113 Å². The molecule has 0 aliphatic carbocycles. The molecule has 3 aromatic carbocycles. The van der Waals surface area contributed by atoms with Crippen LogP contribution < -0.4 is 11.2 Å². The van der Waals surface area contributed by atoms with Crippen molar-refractivity contribution in [3.05, 3.63) is 141 Å². The number of aliphatic hydroxyl groups is 1. The second kappa shape index (κ2) is 10.7. The molecule has 1 fully saturated rings. The van der Waals surface area contributed by atoms with Crippen molar-refractivity contribution in [1.82, 2.24) is 9.55 Å². The molecule has 1 aliphatic heterocycles. The third-order valence-corrected chi connectivity index (χ3v) is 7.61. The van der Waals surface area contributed by atoms with Crippen molar-refractivity contribution in [3.8, 4) is 0 Å². The molecule has 202 valence electrons. The number of hydrogen-bond acceptors (Lipinski definition) is 7. The molecular weight excluding hydrogens is 520 g/mol. The van der Waals surface area contributed by atoms with Crippen molar-refractivity contribution in [1.29, 1.82) is 0 Å². The maximum absolute atomic E-state index is 12.6. The van der Waals surface area contributed by atoms with Gasteiger partial charge in [-0.3, -0.25) is 18.5 Å². The van der Waals surface area contributed by atoms with Gasteiger partial charge in [-0.1, -0.05) is 91.0 Å². The lowest BCUT2D eigenvalue weighted by Gasteiger charge is -2.43. The minimum atomic E-state index is -3.97. The topological polar surface area (TPSA) is 128 Å². The van der Waals surface area contributed by atoms with E-state index in [0.29, 0.717) is 0 Å². The molecule has 0 saturated carbocycles. The molecule has 4 atom stereocenters. The SMILES string of the molecule is CS(=O)(=O)O[C@H]1C[C@H](n2ccc(=O)[nH]c2=O)O[C@@H]1C(O)C(c1ccccc1)(c1ccccc1)c1ccccc1. The van der Waals surface area contributed by atoms with Gasteiger partial charge in [-0.15, -0.1) is 0 Å². The van der Waals surface area contributed by atoms with Gasteiger partial charge < -0.3 is 9.84 Å². The molecule has 39 heavy (non-hydrogen) atoms. The second-order valence-corrected chi connectivity index (χ2v) is 11.1. The van der Waals surface area contributed by atoms with Gasteiger partial charge in [-0.2, -0.15) is 8.42 Å². The smallest absolute Gasteiger partial charge is 0.330 e. The summed E-state index contributed by atoms with van der Waals surface area (Å²) in [6.45, 7) is 0. The fraction of sp³-hybridized carbons (Fsp3) is 0.241. The van der Waals surface area contributed by atoms with Gasteiger partial charge in [0.15, 0.2) is 0 Å². The summed E-state index contributed by atoms with van der Waals surface area (Å²) in [6, 6.07) is 29.4. The van der Waals surface area contributed by atoms with Crippen LogP contribution in [-0.2, 0) is 24.5 Å². The highest BCUT2D eigenvalue weighted by Crippen LogP contribution is 2.47. The number of nitrogens with one attached hydrogen (secondary N) is 1. The first-order valence-electron chi connectivity index (χ1n) is 12.4. The zero-order chi connectivity index (χ0) is 27.6. The predicted molar refractivity (Wildman–Crippen MR) is 145 cm³/mol. The summed E-state index contributed by atoms with van der Waals surface area (Å²) in [5.41, 5.74) is -0.255. The number of ether oxygens (including phenoxy) is 1. The fourth-order valence-electron chi connectivity index (χ4n) is 5.45. The van der Waals surface area contributed by atoms with E-state index in [0.717, 1.165) is 27.5 Å². The van der Waals surface area contributed by atoms with Crippen LogP contribution in [0.2, 0.25) is 0 Å². The summed E-state index contributed by atoms with van der Waals surface area (Å²) in [5.74, 6) is 0. The number of aromatic nitrogens is 2. The first-order valence-corrected chi connectivity index (χ1v) is 14.2. The van der Waals surface area contributed by atoms with Gasteiger partial charge >= 0.3 is 5.69 Å². The van der Waals surface area contributed by atoms with E-state index in [9.17, 15) is 23.1 Å². The van der Waals surface area contributed by atoms with Crippen LogP contribution >= 0.6 is 0 Å². The van der Waals surface area contributed by atoms with E-state index >= 15 is 0 Å². The molecule has 9 nitrogen and oxygen atoms in total. The Labute approximate surface area is 225 Å². The van der Waals surface area contributed by atoms with E-state index in [2.05, 4.69) is 4.98 Å². The molecule has 0 bridgehead atoms. The number of hydrogen-bond donors (Lipinski definition) is 2. The first-order chi connectivity index (χ1) is 18.7. The highest BCUT2D eigenvalue weighted by Gasteiger charge is 2.53. The zero-order valence-electron chi connectivity index (χ0n) is 21.1. The van der Waals surface area contributed by atoms with E-state index < -0.39 is 51.3 Å². The summed E-state index contributed by atoms with van der Waals surface area (Å²) in [5, 5.41) is 12.4. The van der Waals surface area contributed by atoms with E-state index in [1.54, 1.807) is 0 Å². The van der Waals surface area contributed by atoms with Crippen molar-refractivity contribution in [2.24, 2.45) is 0 Å². The second-order valence-electron chi connectivity index (χ2n) is 9.50. The van der Waals surface area contributed by atoms with Crippen LogP contribution in [0.5, 0.6) is 0 Å². The predicted octanol–water partition coefficient (Wildman–Crippen LogP) is 2.56. The van der Waals surface area contributed by atoms with Gasteiger partial charge in [-0.25, -0.2) is 4.79 Å². The molecule has 1 aromatic heterocycles. The minimum Gasteiger partial charge on any atom is -0.389 e.